The Labute approximate surface area is 134 Å². The lowest BCUT2D eigenvalue weighted by Crippen LogP contribution is -2.58. The van der Waals surface area contributed by atoms with Crippen LogP contribution in [-0.2, 0) is 0 Å². The number of nitrogens with zero attached hydrogens (tertiary/aromatic N) is 1. The maximum Gasteiger partial charge on any atom is 0.293 e. The summed E-state index contributed by atoms with van der Waals surface area (Å²) >= 11 is 0. The molecule has 122 valence electrons. The maximum atomic E-state index is 16.3. The van der Waals surface area contributed by atoms with E-state index in [1.54, 1.807) is 19.4 Å². The molecule has 0 bridgehead atoms. The molecule has 0 aromatic carbocycles. The van der Waals surface area contributed by atoms with E-state index in [9.17, 15) is 0 Å². The highest BCUT2D eigenvalue weighted by atomic mass is 28.4. The lowest BCUT2D eigenvalue weighted by Gasteiger charge is -2.45. The highest BCUT2D eigenvalue weighted by Gasteiger charge is 2.58. The first-order valence-corrected chi connectivity index (χ1v) is 9.27. The van der Waals surface area contributed by atoms with Gasteiger partial charge in [-0.25, -0.2) is 4.98 Å². The van der Waals surface area contributed by atoms with E-state index in [0.29, 0.717) is 23.3 Å². The van der Waals surface area contributed by atoms with E-state index in [1.807, 2.05) is 41.5 Å². The molecule has 0 aliphatic rings. The van der Waals surface area contributed by atoms with Crippen molar-refractivity contribution in [3.63, 3.8) is 0 Å². The first-order chi connectivity index (χ1) is 9.99. The summed E-state index contributed by atoms with van der Waals surface area (Å²) < 4.78 is 21.8. The van der Waals surface area contributed by atoms with E-state index in [1.165, 1.54) is 0 Å². The van der Waals surface area contributed by atoms with Gasteiger partial charge in [-0.2, -0.15) is 0 Å². The third-order valence-electron chi connectivity index (χ3n) is 3.90. The molecule has 0 spiro atoms. The molecule has 1 N–H and O–H groups in total. The summed E-state index contributed by atoms with van der Waals surface area (Å²) in [4.78, 5) is 4.33. The van der Waals surface area contributed by atoms with Crippen molar-refractivity contribution in [3.05, 3.63) is 12.3 Å². The Morgan fingerprint density at radius 3 is 2.23 bits per heavy atom. The summed E-state index contributed by atoms with van der Waals surface area (Å²) in [6, 6.07) is 1.73. The molecule has 0 atom stereocenters. The number of ether oxygens (including phenoxy) is 1. The molecule has 1 rings (SSSR count). The lowest BCUT2D eigenvalue weighted by molar-refractivity contribution is 0.415. The largest absolute Gasteiger partial charge is 0.497 e. The molecule has 0 aliphatic carbocycles. The Morgan fingerprint density at radius 1 is 1.27 bits per heavy atom. The molecule has 5 heteroatoms. The molecule has 1 aromatic rings. The van der Waals surface area contributed by atoms with Gasteiger partial charge in [0.2, 0.25) is 0 Å². The fraction of sp³-hybridized carbons (Fsp3) is 0.588. The number of terminal acetylenes is 1. The second-order valence-electron chi connectivity index (χ2n) is 7.49. The smallest absolute Gasteiger partial charge is 0.293 e. The molecule has 0 amide bonds. The third kappa shape index (κ3) is 3.27. The zero-order valence-corrected chi connectivity index (χ0v) is 15.7. The van der Waals surface area contributed by atoms with Crippen LogP contribution in [0.3, 0.4) is 0 Å². The second kappa shape index (κ2) is 6.29. The monoisotopic (exact) mass is 322 g/mol. The average molecular weight is 322 g/mol. The number of rotatable bonds is 4. The number of nitrogens with one attached hydrogen (secondary N) is 1. The molecule has 22 heavy (non-hydrogen) atoms. The fourth-order valence-electron chi connectivity index (χ4n) is 3.04. The fourth-order valence-corrected chi connectivity index (χ4v) is 7.66. The predicted molar refractivity (Wildman–Crippen MR) is 94.0 cm³/mol. The van der Waals surface area contributed by atoms with Crippen molar-refractivity contribution in [1.29, 1.82) is 0 Å². The zero-order valence-electron chi connectivity index (χ0n) is 14.7. The van der Waals surface area contributed by atoms with E-state index in [0.717, 1.165) is 0 Å². The van der Waals surface area contributed by atoms with Gasteiger partial charge in [-0.15, -0.1) is 6.42 Å². The molecule has 1 aromatic heterocycles. The average Bonchev–Trinajstić information content (AvgIpc) is 2.41. The Morgan fingerprint density at radius 2 is 1.82 bits per heavy atom. The molecule has 3 nitrogen and oxygen atoms in total. The highest BCUT2D eigenvalue weighted by molar-refractivity contribution is 6.91. The van der Waals surface area contributed by atoms with Crippen LogP contribution in [0.1, 0.15) is 41.5 Å². The number of aromatic nitrogens is 1. The van der Waals surface area contributed by atoms with Gasteiger partial charge in [-0.1, -0.05) is 47.5 Å². The van der Waals surface area contributed by atoms with Gasteiger partial charge in [0.15, 0.2) is 0 Å². The predicted octanol–water partition coefficient (Wildman–Crippen LogP) is 3.86. The summed E-state index contributed by atoms with van der Waals surface area (Å²) in [5, 5.41) is 2.63. The van der Waals surface area contributed by atoms with Crippen molar-refractivity contribution in [3.8, 4) is 18.1 Å². The van der Waals surface area contributed by atoms with Gasteiger partial charge in [0.25, 0.3) is 8.41 Å². The first-order valence-electron chi connectivity index (χ1n) is 7.39. The quantitative estimate of drug-likeness (QED) is 0.519. The number of halogens is 1. The topological polar surface area (TPSA) is 34.1 Å². The van der Waals surface area contributed by atoms with Gasteiger partial charge >= 0.3 is 0 Å². The summed E-state index contributed by atoms with van der Waals surface area (Å²) in [5.74, 6) is 3.62. The summed E-state index contributed by atoms with van der Waals surface area (Å²) in [7, 11) is -1.84. The van der Waals surface area contributed by atoms with Crippen LogP contribution < -0.4 is 15.2 Å². The Kier molecular flexibility index (Phi) is 5.29. The van der Waals surface area contributed by atoms with Crippen LogP contribution >= 0.6 is 0 Å². The number of anilines is 1. The van der Waals surface area contributed by atoms with E-state index < -0.39 is 18.5 Å². The van der Waals surface area contributed by atoms with E-state index in [-0.39, 0.29) is 0 Å². The van der Waals surface area contributed by atoms with Crippen LogP contribution in [0.2, 0.25) is 10.1 Å². The van der Waals surface area contributed by atoms with Crippen molar-refractivity contribution in [1.82, 2.24) is 4.98 Å². The van der Waals surface area contributed by atoms with Crippen LogP contribution in [0.25, 0.3) is 0 Å². The molecule has 0 saturated heterocycles. The summed E-state index contributed by atoms with van der Waals surface area (Å²) in [5.41, 5.74) is 0. The van der Waals surface area contributed by atoms with E-state index in [2.05, 4.69) is 16.2 Å². The Balaban J connectivity index is 3.48. The minimum atomic E-state index is -3.40. The number of hydrogen-bond donors (Lipinski definition) is 1. The van der Waals surface area contributed by atoms with Crippen molar-refractivity contribution >= 4 is 19.4 Å². The van der Waals surface area contributed by atoms with Gasteiger partial charge in [0.05, 0.1) is 13.7 Å². The standard InChI is InChI=1S/C17H27FN2OSi/c1-9-10-19-15-11-13(21-8)14(12-20-15)22(18,16(2,3)4)17(5,6)7/h1,11-12H,10H2,2-8H3,(H,19,20). The molecule has 0 saturated carbocycles. The molecule has 0 unspecified atom stereocenters. The normalized spacial score (nSPS) is 12.7. The first kappa shape index (κ1) is 18.5. The maximum absolute atomic E-state index is 16.3. The zero-order chi connectivity index (χ0) is 17.2. The Bertz CT molecular complexity index is 553. The Hall–Kier alpha value is -1.54. The van der Waals surface area contributed by atoms with Crippen LogP contribution in [0.15, 0.2) is 12.3 Å². The van der Waals surface area contributed by atoms with Crippen LogP contribution in [0.4, 0.5) is 9.93 Å². The molecule has 0 radical (unpaired) electrons. The summed E-state index contributed by atoms with van der Waals surface area (Å²) in [6.07, 6.45) is 6.85. The highest BCUT2D eigenvalue weighted by Crippen LogP contribution is 2.52. The van der Waals surface area contributed by atoms with Crippen molar-refractivity contribution in [2.75, 3.05) is 19.0 Å². The lowest BCUT2D eigenvalue weighted by atomic mass is 10.2. The molecular weight excluding hydrogens is 295 g/mol. The minimum Gasteiger partial charge on any atom is -0.497 e. The van der Waals surface area contributed by atoms with Crippen LogP contribution in [0.5, 0.6) is 5.75 Å². The minimum absolute atomic E-state index is 0.367. The SMILES string of the molecule is C#CCNc1cc(OC)c([Si](F)(C(C)(C)C)C(C)(C)C)cn1. The van der Waals surface area contributed by atoms with E-state index in [4.69, 9.17) is 11.2 Å². The number of methoxy groups -OCH3 is 1. The van der Waals surface area contributed by atoms with Crippen molar-refractivity contribution in [2.45, 2.75) is 51.6 Å². The third-order valence-corrected chi connectivity index (χ3v) is 9.15. The van der Waals surface area contributed by atoms with Crippen LogP contribution in [0, 0.1) is 12.3 Å². The molecule has 1 heterocycles. The number of pyridine rings is 1. The van der Waals surface area contributed by atoms with Crippen LogP contribution in [-0.4, -0.2) is 27.0 Å². The van der Waals surface area contributed by atoms with Gasteiger partial charge in [0.1, 0.15) is 11.6 Å². The van der Waals surface area contributed by atoms with Gasteiger partial charge < -0.3 is 14.2 Å². The second-order valence-corrected chi connectivity index (χ2v) is 12.3. The molecular formula is C17H27FN2OSi. The summed E-state index contributed by atoms with van der Waals surface area (Å²) in [6.45, 7) is 12.1. The van der Waals surface area contributed by atoms with Crippen molar-refractivity contribution < 1.29 is 8.84 Å². The number of hydrogen-bond acceptors (Lipinski definition) is 3. The van der Waals surface area contributed by atoms with Gasteiger partial charge in [-0.3, -0.25) is 0 Å². The van der Waals surface area contributed by atoms with E-state index >= 15 is 4.11 Å². The molecule has 0 fully saturated rings. The van der Waals surface area contributed by atoms with Gasteiger partial charge in [-0.05, 0) is 10.1 Å². The molecule has 0 aliphatic heterocycles. The van der Waals surface area contributed by atoms with Gasteiger partial charge in [0, 0.05) is 17.4 Å². The van der Waals surface area contributed by atoms with Crippen molar-refractivity contribution in [2.24, 2.45) is 0 Å².